The van der Waals surface area contributed by atoms with Gasteiger partial charge in [0, 0.05) is 11.6 Å². The molecule has 0 spiro atoms. The number of nitrogens with one attached hydrogen (secondary N) is 2. The van der Waals surface area contributed by atoms with Gasteiger partial charge in [-0.15, -0.1) is 10.2 Å². The highest BCUT2D eigenvalue weighted by Gasteiger charge is 2.16. The highest BCUT2D eigenvalue weighted by atomic mass is 16.5. The number of aromatic nitrogens is 4. The van der Waals surface area contributed by atoms with E-state index in [9.17, 15) is 0 Å². The van der Waals surface area contributed by atoms with Gasteiger partial charge in [0.15, 0.2) is 5.82 Å². The highest BCUT2D eigenvalue weighted by molar-refractivity contribution is 5.35. The van der Waals surface area contributed by atoms with Crippen LogP contribution in [0.1, 0.15) is 37.3 Å². The molecule has 2 N–H and O–H groups in total. The zero-order valence-electron chi connectivity index (χ0n) is 10.7. The lowest BCUT2D eigenvalue weighted by atomic mass is 10.1. The Balaban J connectivity index is 2.09. The van der Waals surface area contributed by atoms with Crippen LogP contribution in [0.5, 0.6) is 5.75 Å². The molecule has 1 heterocycles. The number of methoxy groups -OCH3 is 1. The topological polar surface area (TPSA) is 75.7 Å². The van der Waals surface area contributed by atoms with Crippen LogP contribution in [0.25, 0.3) is 0 Å². The minimum atomic E-state index is 0.0173. The third-order valence-corrected chi connectivity index (χ3v) is 2.85. The van der Waals surface area contributed by atoms with Crippen molar-refractivity contribution >= 4 is 0 Å². The molecule has 96 valence electrons. The van der Waals surface area contributed by atoms with E-state index in [2.05, 4.69) is 32.9 Å². The van der Waals surface area contributed by atoms with Crippen LogP contribution in [0.3, 0.4) is 0 Å². The van der Waals surface area contributed by atoms with Crippen molar-refractivity contribution in [2.45, 2.75) is 25.9 Å². The highest BCUT2D eigenvalue weighted by Crippen LogP contribution is 2.25. The third-order valence-electron chi connectivity index (χ3n) is 2.85. The zero-order valence-corrected chi connectivity index (χ0v) is 10.7. The summed E-state index contributed by atoms with van der Waals surface area (Å²) in [6, 6.07) is 8.09. The van der Waals surface area contributed by atoms with E-state index < -0.39 is 0 Å². The number of H-pyrrole nitrogens is 1. The van der Waals surface area contributed by atoms with Crippen molar-refractivity contribution in [1.29, 1.82) is 0 Å². The molecule has 0 saturated heterocycles. The molecule has 2 unspecified atom stereocenters. The first-order chi connectivity index (χ1) is 8.72. The molecule has 6 nitrogen and oxygen atoms in total. The second-order valence-electron chi connectivity index (χ2n) is 4.12. The predicted molar refractivity (Wildman–Crippen MR) is 67.1 cm³/mol. The van der Waals surface area contributed by atoms with E-state index in [0.717, 1.165) is 11.3 Å². The molecule has 6 heteroatoms. The summed E-state index contributed by atoms with van der Waals surface area (Å²) in [4.78, 5) is 0. The quantitative estimate of drug-likeness (QED) is 0.839. The number of nitrogens with zero attached hydrogens (tertiary/aromatic N) is 3. The Bertz CT molecular complexity index is 485. The van der Waals surface area contributed by atoms with Crippen LogP contribution in [-0.4, -0.2) is 27.7 Å². The first-order valence-electron chi connectivity index (χ1n) is 5.84. The molecule has 2 rings (SSSR count). The second-order valence-corrected chi connectivity index (χ2v) is 4.12. The van der Waals surface area contributed by atoms with E-state index in [1.807, 2.05) is 31.2 Å². The number of hydrogen-bond acceptors (Lipinski definition) is 5. The van der Waals surface area contributed by atoms with Crippen LogP contribution in [0.2, 0.25) is 0 Å². The minimum absolute atomic E-state index is 0.0173. The van der Waals surface area contributed by atoms with Crippen molar-refractivity contribution in [3.8, 4) is 5.75 Å². The van der Waals surface area contributed by atoms with Crippen LogP contribution >= 0.6 is 0 Å². The van der Waals surface area contributed by atoms with E-state index in [1.165, 1.54) is 0 Å². The standard InChI is InChI=1S/C12H17N5O/c1-8(10-6-4-5-7-11(10)18-3)13-9(2)12-14-16-17-15-12/h4-9,13H,1-3H3,(H,14,15,16,17). The maximum Gasteiger partial charge on any atom is 0.191 e. The molecule has 18 heavy (non-hydrogen) atoms. The predicted octanol–water partition coefficient (Wildman–Crippen LogP) is 1.62. The molecule has 0 saturated carbocycles. The number of tetrazole rings is 1. The van der Waals surface area contributed by atoms with Crippen LogP contribution < -0.4 is 10.1 Å². The average Bonchev–Trinajstić information content (AvgIpc) is 2.92. The monoisotopic (exact) mass is 247 g/mol. The van der Waals surface area contributed by atoms with E-state index in [-0.39, 0.29) is 12.1 Å². The van der Waals surface area contributed by atoms with E-state index >= 15 is 0 Å². The van der Waals surface area contributed by atoms with Gasteiger partial charge in [-0.05, 0) is 19.9 Å². The van der Waals surface area contributed by atoms with Crippen LogP contribution in [0.15, 0.2) is 24.3 Å². The van der Waals surface area contributed by atoms with Crippen molar-refractivity contribution in [3.63, 3.8) is 0 Å². The Labute approximate surface area is 106 Å². The second kappa shape index (κ2) is 5.59. The fourth-order valence-electron chi connectivity index (χ4n) is 1.92. The van der Waals surface area contributed by atoms with Gasteiger partial charge in [-0.2, -0.15) is 5.21 Å². The summed E-state index contributed by atoms with van der Waals surface area (Å²) in [6.07, 6.45) is 0. The van der Waals surface area contributed by atoms with Crippen molar-refractivity contribution in [3.05, 3.63) is 35.7 Å². The normalized spacial score (nSPS) is 14.2. The summed E-state index contributed by atoms with van der Waals surface area (Å²) in [5.74, 6) is 1.52. The SMILES string of the molecule is COc1ccccc1C(C)NC(C)c1nn[nH]n1. The summed E-state index contributed by atoms with van der Waals surface area (Å²) in [7, 11) is 1.67. The van der Waals surface area contributed by atoms with Crippen molar-refractivity contribution in [2.75, 3.05) is 7.11 Å². The van der Waals surface area contributed by atoms with Gasteiger partial charge < -0.3 is 10.1 Å². The summed E-state index contributed by atoms with van der Waals surface area (Å²) in [6.45, 7) is 4.07. The number of benzene rings is 1. The lowest BCUT2D eigenvalue weighted by Gasteiger charge is -2.20. The van der Waals surface area contributed by atoms with Gasteiger partial charge >= 0.3 is 0 Å². The molecule has 1 aromatic heterocycles. The number of rotatable bonds is 5. The fraction of sp³-hybridized carbons (Fsp3) is 0.417. The first-order valence-corrected chi connectivity index (χ1v) is 5.84. The number of para-hydroxylation sites is 1. The third kappa shape index (κ3) is 2.65. The maximum absolute atomic E-state index is 5.35. The number of aromatic amines is 1. The van der Waals surface area contributed by atoms with Gasteiger partial charge in [-0.25, -0.2) is 0 Å². The molecule has 2 aromatic rings. The Kier molecular flexibility index (Phi) is 3.88. The van der Waals surface area contributed by atoms with Gasteiger partial charge in [0.25, 0.3) is 0 Å². The molecular weight excluding hydrogens is 230 g/mol. The van der Waals surface area contributed by atoms with Crippen molar-refractivity contribution < 1.29 is 4.74 Å². The molecular formula is C12H17N5O. The van der Waals surface area contributed by atoms with Crippen molar-refractivity contribution in [1.82, 2.24) is 25.9 Å². The molecule has 1 aromatic carbocycles. The van der Waals surface area contributed by atoms with Gasteiger partial charge in [-0.1, -0.05) is 23.4 Å². The number of ether oxygens (including phenoxy) is 1. The molecule has 0 aliphatic rings. The van der Waals surface area contributed by atoms with Gasteiger partial charge in [0.05, 0.1) is 13.2 Å². The van der Waals surface area contributed by atoms with Gasteiger partial charge in [0.2, 0.25) is 0 Å². The van der Waals surface area contributed by atoms with E-state index in [4.69, 9.17) is 4.74 Å². The number of hydrogen-bond donors (Lipinski definition) is 2. The van der Waals surface area contributed by atoms with Crippen LogP contribution in [0.4, 0.5) is 0 Å². The van der Waals surface area contributed by atoms with Crippen molar-refractivity contribution in [2.24, 2.45) is 0 Å². The molecule has 0 aliphatic carbocycles. The summed E-state index contributed by atoms with van der Waals surface area (Å²) >= 11 is 0. The smallest absolute Gasteiger partial charge is 0.191 e. The maximum atomic E-state index is 5.35. The lowest BCUT2D eigenvalue weighted by molar-refractivity contribution is 0.395. The summed E-state index contributed by atoms with van der Waals surface area (Å²) in [5, 5.41) is 17.3. The lowest BCUT2D eigenvalue weighted by Crippen LogP contribution is -2.23. The Morgan fingerprint density at radius 2 is 2.00 bits per heavy atom. The summed E-state index contributed by atoms with van der Waals surface area (Å²) < 4.78 is 5.35. The van der Waals surface area contributed by atoms with Crippen LogP contribution in [-0.2, 0) is 0 Å². The zero-order chi connectivity index (χ0) is 13.0. The molecule has 2 atom stereocenters. The Morgan fingerprint density at radius 1 is 1.22 bits per heavy atom. The van der Waals surface area contributed by atoms with Gasteiger partial charge in [-0.3, -0.25) is 0 Å². The molecule has 0 radical (unpaired) electrons. The van der Waals surface area contributed by atoms with Gasteiger partial charge in [0.1, 0.15) is 5.75 Å². The summed E-state index contributed by atoms with van der Waals surface area (Å²) in [5.41, 5.74) is 1.11. The molecule has 0 amide bonds. The molecule has 0 bridgehead atoms. The first kappa shape index (κ1) is 12.5. The minimum Gasteiger partial charge on any atom is -0.496 e. The fourth-order valence-corrected chi connectivity index (χ4v) is 1.92. The van der Waals surface area contributed by atoms with E-state index in [1.54, 1.807) is 7.11 Å². The Hall–Kier alpha value is -1.95. The molecule has 0 aliphatic heterocycles. The van der Waals surface area contributed by atoms with E-state index in [0.29, 0.717) is 5.82 Å². The van der Waals surface area contributed by atoms with Crippen LogP contribution in [0, 0.1) is 0 Å². The largest absolute Gasteiger partial charge is 0.496 e. The molecule has 0 fully saturated rings. The average molecular weight is 247 g/mol. The Morgan fingerprint density at radius 3 is 2.67 bits per heavy atom.